The van der Waals surface area contributed by atoms with Gasteiger partial charge in [0.2, 0.25) is 0 Å². The number of likely N-dealkylation sites (tertiary alicyclic amines) is 1. The Bertz CT molecular complexity index is 860. The molecule has 1 unspecified atom stereocenters. The van der Waals surface area contributed by atoms with Gasteiger partial charge in [0, 0.05) is 36.7 Å². The average molecular weight is 348 g/mol. The van der Waals surface area contributed by atoms with Gasteiger partial charge >= 0.3 is 0 Å². The molecule has 2 heterocycles. The Morgan fingerprint density at radius 3 is 2.46 bits per heavy atom. The van der Waals surface area contributed by atoms with Gasteiger partial charge in [0.15, 0.2) is 0 Å². The van der Waals surface area contributed by atoms with Gasteiger partial charge in [-0.25, -0.2) is 0 Å². The number of hydrogen-bond donors (Lipinski definition) is 0. The molecule has 3 heteroatoms. The first kappa shape index (κ1) is 17.2. The van der Waals surface area contributed by atoms with Crippen molar-refractivity contribution in [1.29, 1.82) is 0 Å². The second-order valence-corrected chi connectivity index (χ2v) is 7.41. The minimum absolute atomic E-state index is 0.150. The van der Waals surface area contributed by atoms with E-state index in [2.05, 4.69) is 78.0 Å². The Labute approximate surface area is 156 Å². The van der Waals surface area contributed by atoms with Crippen LogP contribution in [0, 0.1) is 6.92 Å². The third-order valence-electron chi connectivity index (χ3n) is 5.48. The van der Waals surface area contributed by atoms with Crippen LogP contribution in [0.15, 0.2) is 54.7 Å². The summed E-state index contributed by atoms with van der Waals surface area (Å²) in [5, 5.41) is 1.34. The van der Waals surface area contributed by atoms with Crippen LogP contribution in [0.2, 0.25) is 0 Å². The van der Waals surface area contributed by atoms with Crippen molar-refractivity contribution in [2.75, 3.05) is 13.1 Å². The lowest BCUT2D eigenvalue weighted by Crippen LogP contribution is -2.40. The normalized spacial score (nSPS) is 16.7. The molecule has 136 valence electrons. The van der Waals surface area contributed by atoms with Gasteiger partial charge in [0.05, 0.1) is 0 Å². The van der Waals surface area contributed by atoms with Crippen molar-refractivity contribution in [1.82, 2.24) is 9.47 Å². The summed E-state index contributed by atoms with van der Waals surface area (Å²) in [4.78, 5) is 2.44. The Kier molecular flexibility index (Phi) is 4.98. The van der Waals surface area contributed by atoms with E-state index in [-0.39, 0.29) is 6.23 Å². The SMILES string of the molecule is Cc1cn(Cc2ccc(OC(C)N3CCCCC3)cc2)c2ccccc12. The zero-order valence-electron chi connectivity index (χ0n) is 15.8. The standard InChI is InChI=1S/C23H28N2O/c1-18-16-25(23-9-5-4-8-22(18)23)17-20-10-12-21(13-11-20)26-19(2)24-14-6-3-7-15-24/h4-5,8-13,16,19H,3,6-7,14-15,17H2,1-2H3. The first-order valence-corrected chi connectivity index (χ1v) is 9.75. The molecule has 4 rings (SSSR count). The van der Waals surface area contributed by atoms with Crippen LogP contribution in [0.3, 0.4) is 0 Å². The molecule has 1 aliphatic heterocycles. The van der Waals surface area contributed by atoms with E-state index in [0.29, 0.717) is 0 Å². The summed E-state index contributed by atoms with van der Waals surface area (Å²) >= 11 is 0. The number of benzene rings is 2. The third kappa shape index (κ3) is 3.63. The maximum atomic E-state index is 6.15. The van der Waals surface area contributed by atoms with Crippen LogP contribution in [0.4, 0.5) is 0 Å². The molecule has 3 aromatic rings. The molecule has 0 saturated carbocycles. The molecule has 0 N–H and O–H groups in total. The van der Waals surface area contributed by atoms with Crippen molar-refractivity contribution in [3.05, 3.63) is 65.9 Å². The highest BCUT2D eigenvalue weighted by atomic mass is 16.5. The van der Waals surface area contributed by atoms with E-state index in [1.807, 2.05) is 0 Å². The van der Waals surface area contributed by atoms with Gasteiger partial charge in [0.1, 0.15) is 12.0 Å². The zero-order chi connectivity index (χ0) is 17.9. The quantitative estimate of drug-likeness (QED) is 0.630. The Morgan fingerprint density at radius 2 is 1.69 bits per heavy atom. The third-order valence-corrected chi connectivity index (χ3v) is 5.48. The zero-order valence-corrected chi connectivity index (χ0v) is 15.8. The number of rotatable bonds is 5. The van der Waals surface area contributed by atoms with Crippen LogP contribution in [-0.4, -0.2) is 28.8 Å². The van der Waals surface area contributed by atoms with Gasteiger partial charge in [-0.3, -0.25) is 4.90 Å². The van der Waals surface area contributed by atoms with Gasteiger partial charge in [-0.05, 0) is 56.0 Å². The van der Waals surface area contributed by atoms with Crippen LogP contribution in [0.1, 0.15) is 37.3 Å². The van der Waals surface area contributed by atoms with Crippen LogP contribution >= 0.6 is 0 Å². The minimum Gasteiger partial charge on any atom is -0.475 e. The number of ether oxygens (including phenoxy) is 1. The monoisotopic (exact) mass is 348 g/mol. The van der Waals surface area contributed by atoms with Gasteiger partial charge in [0.25, 0.3) is 0 Å². The predicted molar refractivity (Wildman–Crippen MR) is 108 cm³/mol. The van der Waals surface area contributed by atoms with E-state index < -0.39 is 0 Å². The highest BCUT2D eigenvalue weighted by Gasteiger charge is 2.17. The van der Waals surface area contributed by atoms with Gasteiger partial charge in [-0.15, -0.1) is 0 Å². The molecule has 1 aliphatic rings. The first-order chi connectivity index (χ1) is 12.7. The average Bonchev–Trinajstić information content (AvgIpc) is 3.00. The van der Waals surface area contributed by atoms with Gasteiger partial charge in [-0.2, -0.15) is 0 Å². The number of aromatic nitrogens is 1. The fraction of sp³-hybridized carbons (Fsp3) is 0.391. The Hall–Kier alpha value is -2.26. The summed E-state index contributed by atoms with van der Waals surface area (Å²) in [6, 6.07) is 17.2. The van der Waals surface area contributed by atoms with E-state index in [1.165, 1.54) is 41.3 Å². The fourth-order valence-electron chi connectivity index (χ4n) is 3.98. The molecule has 0 amide bonds. The van der Waals surface area contributed by atoms with E-state index in [0.717, 1.165) is 25.4 Å². The molecule has 1 atom stereocenters. The van der Waals surface area contributed by atoms with Crippen molar-refractivity contribution in [3.8, 4) is 5.75 Å². The highest BCUT2D eigenvalue weighted by molar-refractivity contribution is 5.83. The maximum absolute atomic E-state index is 6.15. The van der Waals surface area contributed by atoms with Crippen LogP contribution in [0.5, 0.6) is 5.75 Å². The molecule has 1 fully saturated rings. The molecule has 2 aromatic carbocycles. The summed E-state index contributed by atoms with van der Waals surface area (Å²) < 4.78 is 8.48. The lowest BCUT2D eigenvalue weighted by molar-refractivity contribution is 0.0262. The van der Waals surface area contributed by atoms with E-state index >= 15 is 0 Å². The van der Waals surface area contributed by atoms with Crippen LogP contribution < -0.4 is 4.74 Å². The summed E-state index contributed by atoms with van der Waals surface area (Å²) in [5.41, 5.74) is 3.92. The lowest BCUT2D eigenvalue weighted by Gasteiger charge is -2.32. The molecule has 0 spiro atoms. The van der Waals surface area contributed by atoms with Crippen molar-refractivity contribution >= 4 is 10.9 Å². The summed E-state index contributed by atoms with van der Waals surface area (Å²) in [7, 11) is 0. The van der Waals surface area contributed by atoms with E-state index in [1.54, 1.807) is 0 Å². The van der Waals surface area contributed by atoms with Crippen molar-refractivity contribution in [2.45, 2.75) is 45.9 Å². The maximum Gasteiger partial charge on any atom is 0.149 e. The Morgan fingerprint density at radius 1 is 0.962 bits per heavy atom. The molecule has 3 nitrogen and oxygen atoms in total. The molecular weight excluding hydrogens is 320 g/mol. The molecule has 1 saturated heterocycles. The van der Waals surface area contributed by atoms with E-state index in [4.69, 9.17) is 4.74 Å². The molecule has 26 heavy (non-hydrogen) atoms. The highest BCUT2D eigenvalue weighted by Crippen LogP contribution is 2.23. The smallest absolute Gasteiger partial charge is 0.149 e. The summed E-state index contributed by atoms with van der Waals surface area (Å²) in [5.74, 6) is 0.959. The number of hydrogen-bond acceptors (Lipinski definition) is 2. The van der Waals surface area contributed by atoms with Crippen molar-refractivity contribution < 1.29 is 4.74 Å². The van der Waals surface area contributed by atoms with Gasteiger partial charge in [-0.1, -0.05) is 36.8 Å². The molecular formula is C23H28N2O. The fourth-order valence-corrected chi connectivity index (χ4v) is 3.98. The molecule has 0 aliphatic carbocycles. The topological polar surface area (TPSA) is 17.4 Å². The van der Waals surface area contributed by atoms with Crippen molar-refractivity contribution in [2.24, 2.45) is 0 Å². The number of piperidine rings is 1. The number of fused-ring (bicyclic) bond motifs is 1. The largest absolute Gasteiger partial charge is 0.475 e. The minimum atomic E-state index is 0.150. The van der Waals surface area contributed by atoms with Crippen molar-refractivity contribution in [3.63, 3.8) is 0 Å². The molecule has 0 radical (unpaired) electrons. The number of para-hydroxylation sites is 1. The second-order valence-electron chi connectivity index (χ2n) is 7.41. The lowest BCUT2D eigenvalue weighted by atomic mass is 10.1. The summed E-state index contributed by atoms with van der Waals surface area (Å²) in [6.07, 6.45) is 6.32. The van der Waals surface area contributed by atoms with Crippen LogP contribution in [-0.2, 0) is 6.54 Å². The summed E-state index contributed by atoms with van der Waals surface area (Å²) in [6.45, 7) is 7.53. The van der Waals surface area contributed by atoms with E-state index in [9.17, 15) is 0 Å². The first-order valence-electron chi connectivity index (χ1n) is 9.75. The van der Waals surface area contributed by atoms with Crippen LogP contribution in [0.25, 0.3) is 10.9 Å². The number of nitrogens with zero attached hydrogens (tertiary/aromatic N) is 2. The molecule has 1 aromatic heterocycles. The second kappa shape index (κ2) is 7.55. The predicted octanol–water partition coefficient (Wildman–Crippen LogP) is 5.21. The molecule has 0 bridgehead atoms. The Balaban J connectivity index is 1.44. The number of aryl methyl sites for hydroxylation is 1. The van der Waals surface area contributed by atoms with Gasteiger partial charge < -0.3 is 9.30 Å².